The maximum Gasteiger partial charge on any atom is 0.217 e. The van der Waals surface area contributed by atoms with Gasteiger partial charge in [-0.2, -0.15) is 0 Å². The van der Waals surface area contributed by atoms with Crippen LogP contribution in [0, 0.1) is 10.1 Å². The molecule has 0 amide bonds. The third kappa shape index (κ3) is 5.78. The lowest BCUT2D eigenvalue weighted by molar-refractivity contribution is -0.474. The van der Waals surface area contributed by atoms with Gasteiger partial charge in [0.2, 0.25) is 6.54 Å². The van der Waals surface area contributed by atoms with Crippen molar-refractivity contribution in [1.29, 1.82) is 0 Å². The van der Waals surface area contributed by atoms with Crippen LogP contribution in [0.4, 0.5) is 0 Å². The van der Waals surface area contributed by atoms with Crippen LogP contribution in [0.2, 0.25) is 0 Å². The minimum Gasteiger partial charge on any atom is -0.265 e. The SMILES string of the molecule is CCCS(=O)(=O)CC[N+](=O)[O-]. The molecule has 11 heavy (non-hydrogen) atoms. The lowest BCUT2D eigenvalue weighted by atomic mass is 10.6. The Balaban J connectivity index is 3.84. The van der Waals surface area contributed by atoms with Gasteiger partial charge in [0.15, 0.2) is 9.84 Å². The van der Waals surface area contributed by atoms with E-state index in [1.165, 1.54) is 0 Å². The van der Waals surface area contributed by atoms with Crippen LogP contribution in [-0.4, -0.2) is 31.4 Å². The average molecular weight is 181 g/mol. The van der Waals surface area contributed by atoms with Crippen molar-refractivity contribution in [1.82, 2.24) is 0 Å². The second-order valence-corrected chi connectivity index (χ2v) is 4.51. The molecule has 0 aromatic heterocycles. The molecule has 0 atom stereocenters. The van der Waals surface area contributed by atoms with Gasteiger partial charge >= 0.3 is 0 Å². The molecule has 0 unspecified atom stereocenters. The first-order valence-corrected chi connectivity index (χ1v) is 5.12. The zero-order valence-electron chi connectivity index (χ0n) is 6.32. The Labute approximate surface area is 65.5 Å². The van der Waals surface area contributed by atoms with Gasteiger partial charge in [-0.15, -0.1) is 0 Å². The molecule has 0 heterocycles. The average Bonchev–Trinajstić information content (AvgIpc) is 1.84. The summed E-state index contributed by atoms with van der Waals surface area (Å²) in [6.07, 6.45) is 0.514. The molecule has 5 nitrogen and oxygen atoms in total. The van der Waals surface area contributed by atoms with Crippen molar-refractivity contribution in [2.24, 2.45) is 0 Å². The summed E-state index contributed by atoms with van der Waals surface area (Å²) in [6, 6.07) is 0. The van der Waals surface area contributed by atoms with E-state index in [9.17, 15) is 18.5 Å². The summed E-state index contributed by atoms with van der Waals surface area (Å²) in [5, 5.41) is 9.79. The van der Waals surface area contributed by atoms with Gasteiger partial charge in [-0.1, -0.05) is 6.92 Å². The molecule has 0 aliphatic heterocycles. The predicted molar refractivity (Wildman–Crippen MR) is 40.8 cm³/mol. The smallest absolute Gasteiger partial charge is 0.217 e. The van der Waals surface area contributed by atoms with E-state index >= 15 is 0 Å². The van der Waals surface area contributed by atoms with Crippen molar-refractivity contribution in [2.75, 3.05) is 18.1 Å². The Morgan fingerprint density at radius 3 is 2.27 bits per heavy atom. The molecular formula is C5H11NO4S. The van der Waals surface area contributed by atoms with E-state index < -0.39 is 21.3 Å². The first-order chi connectivity index (χ1) is 4.98. The Morgan fingerprint density at radius 2 is 1.91 bits per heavy atom. The minimum atomic E-state index is -3.17. The fourth-order valence-electron chi connectivity index (χ4n) is 0.627. The number of sulfone groups is 1. The van der Waals surface area contributed by atoms with E-state index in [2.05, 4.69) is 0 Å². The van der Waals surface area contributed by atoms with E-state index in [4.69, 9.17) is 0 Å². The quantitative estimate of drug-likeness (QED) is 0.444. The van der Waals surface area contributed by atoms with E-state index in [-0.39, 0.29) is 11.5 Å². The Morgan fingerprint density at radius 1 is 1.36 bits per heavy atom. The normalized spacial score (nSPS) is 11.4. The first kappa shape index (κ1) is 10.3. The number of nitro groups is 1. The number of hydrogen-bond acceptors (Lipinski definition) is 4. The summed E-state index contributed by atoms with van der Waals surface area (Å²) in [4.78, 5) is 9.17. The fourth-order valence-corrected chi connectivity index (χ4v) is 1.88. The van der Waals surface area contributed by atoms with Crippen molar-refractivity contribution in [3.63, 3.8) is 0 Å². The van der Waals surface area contributed by atoms with Crippen LogP contribution >= 0.6 is 0 Å². The van der Waals surface area contributed by atoms with Gasteiger partial charge < -0.3 is 0 Å². The summed E-state index contributed by atoms with van der Waals surface area (Å²) in [6.45, 7) is 1.24. The third-order valence-electron chi connectivity index (χ3n) is 1.10. The van der Waals surface area contributed by atoms with Crippen LogP contribution < -0.4 is 0 Å². The molecule has 66 valence electrons. The van der Waals surface area contributed by atoms with Crippen molar-refractivity contribution >= 4 is 9.84 Å². The maximum absolute atomic E-state index is 10.8. The summed E-state index contributed by atoms with van der Waals surface area (Å²) < 4.78 is 21.7. The van der Waals surface area contributed by atoms with Crippen molar-refractivity contribution in [3.05, 3.63) is 10.1 Å². The highest BCUT2D eigenvalue weighted by atomic mass is 32.2. The molecule has 0 saturated heterocycles. The molecule has 0 aliphatic carbocycles. The van der Waals surface area contributed by atoms with Crippen molar-refractivity contribution in [3.8, 4) is 0 Å². The molecule has 0 rings (SSSR count). The Kier molecular flexibility index (Phi) is 4.02. The summed E-state index contributed by atoms with van der Waals surface area (Å²) in [7, 11) is -3.17. The van der Waals surface area contributed by atoms with Crippen molar-refractivity contribution < 1.29 is 13.3 Å². The van der Waals surface area contributed by atoms with Gasteiger partial charge in [0.1, 0.15) is 5.75 Å². The van der Waals surface area contributed by atoms with Crippen LogP contribution in [0.5, 0.6) is 0 Å². The maximum atomic E-state index is 10.8. The first-order valence-electron chi connectivity index (χ1n) is 3.30. The van der Waals surface area contributed by atoms with E-state index in [1.54, 1.807) is 6.92 Å². The summed E-state index contributed by atoms with van der Waals surface area (Å²) in [5.41, 5.74) is 0. The summed E-state index contributed by atoms with van der Waals surface area (Å²) >= 11 is 0. The molecular weight excluding hydrogens is 170 g/mol. The minimum absolute atomic E-state index is 0.0425. The second kappa shape index (κ2) is 4.27. The van der Waals surface area contributed by atoms with Gasteiger partial charge in [-0.05, 0) is 6.42 Å². The molecule has 6 heteroatoms. The molecule has 0 spiro atoms. The van der Waals surface area contributed by atoms with Crippen LogP contribution in [0.15, 0.2) is 0 Å². The standard InChI is InChI=1S/C5H11NO4S/c1-2-4-11(9,10)5-3-6(7)8/h2-5H2,1H3. The molecule has 0 saturated carbocycles. The van der Waals surface area contributed by atoms with Gasteiger partial charge in [-0.25, -0.2) is 8.42 Å². The second-order valence-electron chi connectivity index (χ2n) is 2.21. The Hall–Kier alpha value is -0.650. The molecule has 0 aromatic rings. The Bertz CT molecular complexity index is 221. The highest BCUT2D eigenvalue weighted by Gasteiger charge is 2.12. The zero-order valence-corrected chi connectivity index (χ0v) is 7.13. The van der Waals surface area contributed by atoms with E-state index in [0.717, 1.165) is 0 Å². The van der Waals surface area contributed by atoms with E-state index in [0.29, 0.717) is 6.42 Å². The highest BCUT2D eigenvalue weighted by molar-refractivity contribution is 7.91. The monoisotopic (exact) mass is 181 g/mol. The van der Waals surface area contributed by atoms with Gasteiger partial charge in [0.05, 0.1) is 5.75 Å². The fraction of sp³-hybridized carbons (Fsp3) is 1.00. The molecule has 0 bridgehead atoms. The van der Waals surface area contributed by atoms with Gasteiger partial charge in [-0.3, -0.25) is 10.1 Å². The van der Waals surface area contributed by atoms with Gasteiger partial charge in [0, 0.05) is 4.92 Å². The molecule has 0 aliphatic rings. The summed E-state index contributed by atoms with van der Waals surface area (Å²) in [5.74, 6) is -0.297. The predicted octanol–water partition coefficient (Wildman–Crippen LogP) is 0.0879. The van der Waals surface area contributed by atoms with E-state index in [1.807, 2.05) is 0 Å². The number of rotatable bonds is 5. The van der Waals surface area contributed by atoms with Crippen LogP contribution in [0.3, 0.4) is 0 Å². The zero-order chi connectivity index (χ0) is 8.91. The highest BCUT2D eigenvalue weighted by Crippen LogP contribution is 1.92. The van der Waals surface area contributed by atoms with Gasteiger partial charge in [0.25, 0.3) is 0 Å². The van der Waals surface area contributed by atoms with Crippen LogP contribution in [-0.2, 0) is 9.84 Å². The number of hydrogen-bond donors (Lipinski definition) is 0. The lowest BCUT2D eigenvalue weighted by Gasteiger charge is -1.96. The molecule has 0 radical (unpaired) electrons. The topological polar surface area (TPSA) is 77.3 Å². The van der Waals surface area contributed by atoms with Crippen molar-refractivity contribution in [2.45, 2.75) is 13.3 Å². The molecule has 0 fully saturated rings. The molecule has 0 aromatic carbocycles. The van der Waals surface area contributed by atoms with Crippen LogP contribution in [0.1, 0.15) is 13.3 Å². The number of nitrogens with zero attached hydrogens (tertiary/aromatic N) is 1. The lowest BCUT2D eigenvalue weighted by Crippen LogP contribution is -2.17. The third-order valence-corrected chi connectivity index (χ3v) is 2.93. The largest absolute Gasteiger partial charge is 0.265 e. The molecule has 0 N–H and O–H groups in total. The van der Waals surface area contributed by atoms with Crippen LogP contribution in [0.25, 0.3) is 0 Å².